The van der Waals surface area contributed by atoms with Crippen molar-refractivity contribution in [2.45, 2.75) is 19.4 Å². The summed E-state index contributed by atoms with van der Waals surface area (Å²) in [6.07, 6.45) is 6.58. The maximum atomic E-state index is 11.0. The van der Waals surface area contributed by atoms with Gasteiger partial charge in [0.15, 0.2) is 0 Å². The lowest BCUT2D eigenvalue weighted by Crippen LogP contribution is -2.07. The Bertz CT molecular complexity index is 494. The summed E-state index contributed by atoms with van der Waals surface area (Å²) >= 11 is 6.16. The molecule has 4 heteroatoms. The third-order valence-electron chi connectivity index (χ3n) is 2.52. The van der Waals surface area contributed by atoms with Gasteiger partial charge in [-0.15, -0.1) is 0 Å². The van der Waals surface area contributed by atoms with Crippen LogP contribution in [0.3, 0.4) is 0 Å². The molecule has 0 fully saturated rings. The number of nitrogens with one attached hydrogen (secondary N) is 1. The Morgan fingerprint density at radius 3 is 3.00 bits per heavy atom. The minimum absolute atomic E-state index is 0.0428. The second-order valence-corrected chi connectivity index (χ2v) is 4.30. The first-order valence-electron chi connectivity index (χ1n) is 5.42. The Balaban J connectivity index is 2.29. The number of benzene rings is 1. The molecule has 17 heavy (non-hydrogen) atoms. The van der Waals surface area contributed by atoms with Gasteiger partial charge in [0.2, 0.25) is 5.91 Å². The van der Waals surface area contributed by atoms with Crippen LogP contribution in [0, 0.1) is 0 Å². The lowest BCUT2D eigenvalue weighted by Gasteiger charge is -2.15. The predicted molar refractivity (Wildman–Crippen MR) is 70.7 cm³/mol. The van der Waals surface area contributed by atoms with E-state index in [-0.39, 0.29) is 11.9 Å². The van der Waals surface area contributed by atoms with Crippen molar-refractivity contribution in [1.82, 2.24) is 0 Å². The fraction of sp³-hybridized carbons (Fsp3) is 0.231. The molecule has 1 atom stereocenters. The monoisotopic (exact) mass is 248 g/mol. The first kappa shape index (κ1) is 11.9. The van der Waals surface area contributed by atoms with Crippen LogP contribution < -0.4 is 5.32 Å². The van der Waals surface area contributed by atoms with Crippen molar-refractivity contribution in [3.63, 3.8) is 0 Å². The van der Waals surface area contributed by atoms with Crippen molar-refractivity contribution in [1.29, 1.82) is 0 Å². The second-order valence-electron chi connectivity index (χ2n) is 3.90. The van der Waals surface area contributed by atoms with Gasteiger partial charge in [0.1, 0.15) is 0 Å². The zero-order valence-electron chi connectivity index (χ0n) is 9.48. The van der Waals surface area contributed by atoms with Gasteiger partial charge in [-0.3, -0.25) is 9.79 Å². The van der Waals surface area contributed by atoms with Gasteiger partial charge in [-0.05, 0) is 36.3 Å². The fourth-order valence-corrected chi connectivity index (χ4v) is 2.01. The first-order chi connectivity index (χ1) is 8.16. The summed E-state index contributed by atoms with van der Waals surface area (Å²) in [5.74, 6) is -0.0923. The molecule has 1 amide bonds. The Hall–Kier alpha value is -1.61. The van der Waals surface area contributed by atoms with Gasteiger partial charge in [0.05, 0.1) is 6.04 Å². The molecule has 0 saturated carbocycles. The van der Waals surface area contributed by atoms with Crippen LogP contribution in [0.4, 0.5) is 5.69 Å². The van der Waals surface area contributed by atoms with Gasteiger partial charge in [-0.2, -0.15) is 0 Å². The van der Waals surface area contributed by atoms with E-state index in [1.807, 2.05) is 12.1 Å². The summed E-state index contributed by atoms with van der Waals surface area (Å²) in [6, 6.07) is 5.50. The summed E-state index contributed by atoms with van der Waals surface area (Å²) in [4.78, 5) is 15.4. The van der Waals surface area contributed by atoms with E-state index in [4.69, 9.17) is 11.6 Å². The van der Waals surface area contributed by atoms with Crippen LogP contribution in [-0.2, 0) is 4.79 Å². The molecular weight excluding hydrogens is 236 g/mol. The normalized spacial score (nSPS) is 18.1. The lowest BCUT2D eigenvalue weighted by atomic mass is 10.0. The van der Waals surface area contributed by atoms with E-state index in [9.17, 15) is 4.79 Å². The van der Waals surface area contributed by atoms with Crippen LogP contribution in [0.15, 0.2) is 35.3 Å². The molecule has 1 N–H and O–H groups in total. The molecule has 1 unspecified atom stereocenters. The Morgan fingerprint density at radius 1 is 1.53 bits per heavy atom. The fourth-order valence-electron chi connectivity index (χ4n) is 1.77. The number of anilines is 1. The molecule has 0 saturated heterocycles. The van der Waals surface area contributed by atoms with Gasteiger partial charge >= 0.3 is 0 Å². The minimum Gasteiger partial charge on any atom is -0.326 e. The molecular formula is C13H13ClN2O. The summed E-state index contributed by atoms with van der Waals surface area (Å²) in [6.45, 7) is 1.48. The molecule has 88 valence electrons. The maximum absolute atomic E-state index is 11.0. The van der Waals surface area contributed by atoms with E-state index in [0.717, 1.165) is 17.7 Å². The summed E-state index contributed by atoms with van der Waals surface area (Å²) < 4.78 is 0. The second kappa shape index (κ2) is 5.15. The van der Waals surface area contributed by atoms with Gasteiger partial charge in [-0.25, -0.2) is 0 Å². The van der Waals surface area contributed by atoms with E-state index >= 15 is 0 Å². The van der Waals surface area contributed by atoms with Gasteiger partial charge in [0.25, 0.3) is 0 Å². The molecule has 1 aromatic carbocycles. The van der Waals surface area contributed by atoms with Gasteiger partial charge in [0, 0.05) is 23.8 Å². The highest BCUT2D eigenvalue weighted by atomic mass is 35.5. The van der Waals surface area contributed by atoms with E-state index in [1.54, 1.807) is 18.3 Å². The smallest absolute Gasteiger partial charge is 0.221 e. The third kappa shape index (κ3) is 2.94. The van der Waals surface area contributed by atoms with E-state index in [1.165, 1.54) is 6.92 Å². The van der Waals surface area contributed by atoms with Crippen LogP contribution in [0.1, 0.15) is 24.9 Å². The minimum atomic E-state index is -0.0923. The SMILES string of the molecule is CC(=O)Nc1ccc(Cl)c(C2CC=CC=N2)c1. The standard InChI is InChI=1S/C13H13ClN2O/c1-9(17)16-10-5-6-12(14)11(8-10)13-4-2-3-7-15-13/h2-3,5-8,13H,4H2,1H3,(H,16,17). The van der Waals surface area contributed by atoms with Crippen molar-refractivity contribution in [3.05, 3.63) is 40.9 Å². The van der Waals surface area contributed by atoms with Crippen LogP contribution in [-0.4, -0.2) is 12.1 Å². The van der Waals surface area contributed by atoms with Crippen LogP contribution in [0.5, 0.6) is 0 Å². The summed E-state index contributed by atoms with van der Waals surface area (Å²) in [7, 11) is 0. The molecule has 1 aliphatic rings. The highest BCUT2D eigenvalue weighted by Crippen LogP contribution is 2.31. The number of carbonyl (C=O) groups is 1. The Kier molecular flexibility index (Phi) is 3.59. The topological polar surface area (TPSA) is 41.5 Å². The number of rotatable bonds is 2. The predicted octanol–water partition coefficient (Wildman–Crippen LogP) is 3.37. The molecule has 0 aromatic heterocycles. The summed E-state index contributed by atoms with van der Waals surface area (Å²) in [5.41, 5.74) is 1.69. The molecule has 1 aliphatic heterocycles. The molecule has 0 aliphatic carbocycles. The van der Waals surface area contributed by atoms with E-state index in [0.29, 0.717) is 5.02 Å². The van der Waals surface area contributed by atoms with E-state index < -0.39 is 0 Å². The van der Waals surface area contributed by atoms with Crippen LogP contribution >= 0.6 is 11.6 Å². The highest BCUT2D eigenvalue weighted by Gasteiger charge is 2.14. The number of aliphatic imine (C=N–C) groups is 1. The van der Waals surface area contributed by atoms with Crippen LogP contribution in [0.2, 0.25) is 5.02 Å². The average Bonchev–Trinajstić information content (AvgIpc) is 2.32. The van der Waals surface area contributed by atoms with Crippen molar-refractivity contribution >= 4 is 29.4 Å². The van der Waals surface area contributed by atoms with Gasteiger partial charge < -0.3 is 5.32 Å². The first-order valence-corrected chi connectivity index (χ1v) is 5.80. The Labute approximate surface area is 105 Å². The Morgan fingerprint density at radius 2 is 2.35 bits per heavy atom. The number of halogens is 1. The average molecular weight is 249 g/mol. The largest absolute Gasteiger partial charge is 0.326 e. The number of carbonyl (C=O) groups excluding carboxylic acids is 1. The van der Waals surface area contributed by atoms with Gasteiger partial charge in [-0.1, -0.05) is 17.7 Å². The lowest BCUT2D eigenvalue weighted by molar-refractivity contribution is -0.114. The molecule has 0 spiro atoms. The summed E-state index contributed by atoms with van der Waals surface area (Å²) in [5, 5.41) is 3.42. The zero-order valence-corrected chi connectivity index (χ0v) is 10.2. The highest BCUT2D eigenvalue weighted by molar-refractivity contribution is 6.31. The number of hydrogen-bond acceptors (Lipinski definition) is 2. The molecule has 1 aromatic rings. The molecule has 1 heterocycles. The molecule has 0 bridgehead atoms. The maximum Gasteiger partial charge on any atom is 0.221 e. The third-order valence-corrected chi connectivity index (χ3v) is 2.87. The number of allylic oxidation sites excluding steroid dienone is 1. The van der Waals surface area contributed by atoms with Crippen molar-refractivity contribution in [2.24, 2.45) is 4.99 Å². The molecule has 2 rings (SSSR count). The van der Waals surface area contributed by atoms with E-state index in [2.05, 4.69) is 16.4 Å². The zero-order chi connectivity index (χ0) is 12.3. The quantitative estimate of drug-likeness (QED) is 0.857. The van der Waals surface area contributed by atoms with Crippen LogP contribution in [0.25, 0.3) is 0 Å². The number of amides is 1. The van der Waals surface area contributed by atoms with Crippen molar-refractivity contribution in [2.75, 3.05) is 5.32 Å². The number of dihydropyridines is 1. The molecule has 3 nitrogen and oxygen atoms in total. The number of nitrogens with zero attached hydrogens (tertiary/aromatic N) is 1. The van der Waals surface area contributed by atoms with Crippen molar-refractivity contribution < 1.29 is 4.79 Å². The number of hydrogen-bond donors (Lipinski definition) is 1. The van der Waals surface area contributed by atoms with Crippen molar-refractivity contribution in [3.8, 4) is 0 Å². The molecule has 0 radical (unpaired) electrons.